The molecule has 0 atom stereocenters. The molecule has 0 aliphatic carbocycles. The van der Waals surface area contributed by atoms with Crippen LogP contribution in [0.4, 0.5) is 5.69 Å². The van der Waals surface area contributed by atoms with Crippen molar-refractivity contribution in [1.29, 1.82) is 0 Å². The molecule has 1 N–H and O–H groups in total. The van der Waals surface area contributed by atoms with Gasteiger partial charge < -0.3 is 10.1 Å². The van der Waals surface area contributed by atoms with Gasteiger partial charge in [0.15, 0.2) is 0 Å². The van der Waals surface area contributed by atoms with E-state index in [1.54, 1.807) is 24.3 Å². The molecule has 9 nitrogen and oxygen atoms in total. The Labute approximate surface area is 189 Å². The zero-order valence-corrected chi connectivity index (χ0v) is 19.7. The Morgan fingerprint density at radius 2 is 1.59 bits per heavy atom. The molecule has 1 saturated heterocycles. The number of rotatable bonds is 8. The molecule has 0 bridgehead atoms. The minimum absolute atomic E-state index is 0.0258. The van der Waals surface area contributed by atoms with Crippen LogP contribution in [-0.2, 0) is 24.8 Å². The Hall–Kier alpha value is -2.47. The quantitative estimate of drug-likeness (QED) is 0.607. The third kappa shape index (κ3) is 5.66. The number of hydrogen-bond donors (Lipinski definition) is 1. The monoisotopic (exact) mass is 481 g/mol. The molecule has 11 heteroatoms. The average Bonchev–Trinajstić information content (AvgIpc) is 2.79. The number of aryl methyl sites for hydroxylation is 1. The van der Waals surface area contributed by atoms with Crippen molar-refractivity contribution in [3.8, 4) is 0 Å². The summed E-state index contributed by atoms with van der Waals surface area (Å²) in [6, 6.07) is 12.6. The smallest absolute Gasteiger partial charge is 0.264 e. The van der Waals surface area contributed by atoms with Crippen LogP contribution >= 0.6 is 0 Å². The molecule has 1 aliphatic rings. The van der Waals surface area contributed by atoms with Gasteiger partial charge in [0.2, 0.25) is 10.0 Å². The number of nitrogens with zero attached hydrogens (tertiary/aromatic N) is 2. The van der Waals surface area contributed by atoms with Crippen LogP contribution in [0, 0.1) is 6.92 Å². The Balaban J connectivity index is 1.59. The maximum absolute atomic E-state index is 12.8. The van der Waals surface area contributed by atoms with E-state index in [0.717, 1.165) is 9.87 Å². The number of benzene rings is 2. The van der Waals surface area contributed by atoms with Crippen LogP contribution in [0.5, 0.6) is 0 Å². The number of carbonyl (C=O) groups excluding carboxylic acids is 1. The first-order valence-corrected chi connectivity index (χ1v) is 13.2. The third-order valence-electron chi connectivity index (χ3n) is 5.18. The molecule has 1 fully saturated rings. The zero-order valence-electron chi connectivity index (χ0n) is 18.0. The maximum atomic E-state index is 12.8. The lowest BCUT2D eigenvalue weighted by molar-refractivity contribution is 0.0730. The number of carbonyl (C=O) groups is 1. The van der Waals surface area contributed by atoms with Crippen LogP contribution in [0.15, 0.2) is 53.4 Å². The molecule has 2 aromatic carbocycles. The van der Waals surface area contributed by atoms with Crippen molar-refractivity contribution in [3.63, 3.8) is 0 Å². The van der Waals surface area contributed by atoms with Crippen LogP contribution in [0.1, 0.15) is 15.9 Å². The molecule has 1 amide bonds. The highest BCUT2D eigenvalue weighted by Crippen LogP contribution is 2.22. The summed E-state index contributed by atoms with van der Waals surface area (Å²) in [7, 11) is -5.74. The number of morpholine rings is 1. The second kappa shape index (κ2) is 9.99. The van der Waals surface area contributed by atoms with Gasteiger partial charge in [0, 0.05) is 32.2 Å². The molecule has 2 aromatic rings. The molecule has 32 heavy (non-hydrogen) atoms. The summed E-state index contributed by atoms with van der Waals surface area (Å²) in [4.78, 5) is 12.5. The van der Waals surface area contributed by atoms with Gasteiger partial charge in [-0.2, -0.15) is 4.31 Å². The van der Waals surface area contributed by atoms with Gasteiger partial charge in [0.1, 0.15) is 0 Å². The maximum Gasteiger partial charge on any atom is 0.264 e. The highest BCUT2D eigenvalue weighted by atomic mass is 32.2. The lowest BCUT2D eigenvalue weighted by Gasteiger charge is -2.26. The molecule has 0 saturated carbocycles. The van der Waals surface area contributed by atoms with E-state index in [0.29, 0.717) is 37.6 Å². The van der Waals surface area contributed by atoms with E-state index in [9.17, 15) is 21.6 Å². The first-order chi connectivity index (χ1) is 15.1. The fraction of sp³-hybridized carbons (Fsp3) is 0.381. The van der Waals surface area contributed by atoms with Crippen molar-refractivity contribution >= 4 is 31.6 Å². The van der Waals surface area contributed by atoms with Crippen molar-refractivity contribution in [2.24, 2.45) is 0 Å². The SMILES string of the molecule is Cc1ccc(S(=O)(=O)N(C)c2ccc(C(=O)NCCS(=O)(=O)N3CCOCC3)cc2)cc1. The molecule has 0 radical (unpaired) electrons. The number of hydrogen-bond acceptors (Lipinski definition) is 6. The van der Waals surface area contributed by atoms with Crippen LogP contribution in [0.3, 0.4) is 0 Å². The van der Waals surface area contributed by atoms with Gasteiger partial charge in [0.05, 0.1) is 29.5 Å². The Kier molecular flexibility index (Phi) is 7.55. The van der Waals surface area contributed by atoms with E-state index in [-0.39, 0.29) is 17.2 Å². The number of sulfonamides is 2. The number of ether oxygens (including phenoxy) is 1. The molecule has 1 heterocycles. The number of anilines is 1. The zero-order chi connectivity index (χ0) is 23.4. The standard InChI is InChI=1S/C21H27N3O6S2/c1-17-3-9-20(10-4-17)32(28,29)23(2)19-7-5-18(6-8-19)21(25)22-11-16-31(26,27)24-12-14-30-15-13-24/h3-10H,11-16H2,1-2H3,(H,22,25). The first kappa shape index (κ1) is 24.2. The van der Waals surface area contributed by atoms with E-state index < -0.39 is 26.0 Å². The summed E-state index contributed by atoms with van der Waals surface area (Å²) >= 11 is 0. The first-order valence-electron chi connectivity index (χ1n) is 10.1. The van der Waals surface area contributed by atoms with Crippen LogP contribution in [-0.4, -0.2) is 72.7 Å². The molecule has 3 rings (SSSR count). The molecule has 0 spiro atoms. The fourth-order valence-electron chi connectivity index (χ4n) is 3.18. The Morgan fingerprint density at radius 3 is 2.19 bits per heavy atom. The highest BCUT2D eigenvalue weighted by molar-refractivity contribution is 7.92. The molecular weight excluding hydrogens is 454 g/mol. The highest BCUT2D eigenvalue weighted by Gasteiger charge is 2.24. The molecule has 174 valence electrons. The van der Waals surface area contributed by atoms with Crippen molar-refractivity contribution in [2.75, 3.05) is 50.0 Å². The summed E-state index contributed by atoms with van der Waals surface area (Å²) in [5.41, 5.74) is 1.66. The molecule has 0 aromatic heterocycles. The van der Waals surface area contributed by atoms with Crippen LogP contribution < -0.4 is 9.62 Å². The van der Waals surface area contributed by atoms with Gasteiger partial charge in [0.25, 0.3) is 15.9 Å². The van der Waals surface area contributed by atoms with Crippen LogP contribution in [0.2, 0.25) is 0 Å². The predicted molar refractivity (Wildman–Crippen MR) is 122 cm³/mol. The van der Waals surface area contributed by atoms with Gasteiger partial charge in [-0.1, -0.05) is 17.7 Å². The van der Waals surface area contributed by atoms with Gasteiger partial charge in [-0.05, 0) is 43.3 Å². The van der Waals surface area contributed by atoms with E-state index in [1.807, 2.05) is 6.92 Å². The molecule has 1 aliphatic heterocycles. The largest absolute Gasteiger partial charge is 0.379 e. The molecular formula is C21H27N3O6S2. The lowest BCUT2D eigenvalue weighted by atomic mass is 10.2. The van der Waals surface area contributed by atoms with E-state index in [4.69, 9.17) is 4.74 Å². The minimum Gasteiger partial charge on any atom is -0.379 e. The average molecular weight is 482 g/mol. The van der Waals surface area contributed by atoms with Gasteiger partial charge in [-0.3, -0.25) is 9.10 Å². The number of nitrogens with one attached hydrogen (secondary N) is 1. The summed E-state index contributed by atoms with van der Waals surface area (Å²) in [6.45, 7) is 3.22. The fourth-order valence-corrected chi connectivity index (χ4v) is 5.70. The minimum atomic E-state index is -3.73. The van der Waals surface area contributed by atoms with E-state index in [2.05, 4.69) is 5.32 Å². The van der Waals surface area contributed by atoms with E-state index >= 15 is 0 Å². The van der Waals surface area contributed by atoms with Crippen molar-refractivity contribution in [2.45, 2.75) is 11.8 Å². The topological polar surface area (TPSA) is 113 Å². The van der Waals surface area contributed by atoms with E-state index in [1.165, 1.54) is 35.6 Å². The normalized spacial score (nSPS) is 15.3. The Bertz CT molecular complexity index is 1140. The van der Waals surface area contributed by atoms with Gasteiger partial charge >= 0.3 is 0 Å². The summed E-state index contributed by atoms with van der Waals surface area (Å²) in [5.74, 6) is -0.633. The van der Waals surface area contributed by atoms with Crippen molar-refractivity contribution in [3.05, 3.63) is 59.7 Å². The predicted octanol–water partition coefficient (Wildman–Crippen LogP) is 1.21. The van der Waals surface area contributed by atoms with Crippen molar-refractivity contribution in [1.82, 2.24) is 9.62 Å². The Morgan fingerprint density at radius 1 is 1.00 bits per heavy atom. The summed E-state index contributed by atoms with van der Waals surface area (Å²) in [5, 5.41) is 2.60. The summed E-state index contributed by atoms with van der Waals surface area (Å²) < 4.78 is 57.9. The molecule has 0 unspecified atom stereocenters. The third-order valence-corrected chi connectivity index (χ3v) is 8.85. The van der Waals surface area contributed by atoms with Gasteiger partial charge in [-0.25, -0.2) is 16.8 Å². The second-order valence-electron chi connectivity index (χ2n) is 7.42. The lowest BCUT2D eigenvalue weighted by Crippen LogP contribution is -2.43. The number of amides is 1. The van der Waals surface area contributed by atoms with Gasteiger partial charge in [-0.15, -0.1) is 0 Å². The summed E-state index contributed by atoms with van der Waals surface area (Å²) in [6.07, 6.45) is 0. The van der Waals surface area contributed by atoms with Crippen molar-refractivity contribution < 1.29 is 26.4 Å². The van der Waals surface area contributed by atoms with Crippen LogP contribution in [0.25, 0.3) is 0 Å². The second-order valence-corrected chi connectivity index (χ2v) is 11.5.